The predicted octanol–water partition coefficient (Wildman–Crippen LogP) is 4.22. The number of nitrogens with zero attached hydrogens (tertiary/aromatic N) is 3. The largest absolute Gasteiger partial charge is 0.486 e. The zero-order chi connectivity index (χ0) is 22.6. The Morgan fingerprint density at radius 1 is 0.971 bits per heavy atom. The molecule has 1 amide bonds. The van der Waals surface area contributed by atoms with E-state index < -0.39 is 0 Å². The highest BCUT2D eigenvalue weighted by Crippen LogP contribution is 2.33. The molecule has 188 valence electrons. The quantitative estimate of drug-likeness (QED) is 0.574. The van der Waals surface area contributed by atoms with Crippen LogP contribution in [0.2, 0.25) is 0 Å². The predicted molar refractivity (Wildman–Crippen MR) is 143 cm³/mol. The number of rotatable bonds is 6. The van der Waals surface area contributed by atoms with Crippen molar-refractivity contribution in [2.24, 2.45) is 5.92 Å². The molecule has 0 radical (unpaired) electrons. The first-order valence-corrected chi connectivity index (χ1v) is 11.7. The summed E-state index contributed by atoms with van der Waals surface area (Å²) >= 11 is 0. The molecule has 3 aliphatic heterocycles. The topological polar surface area (TPSA) is 75.0 Å². The lowest BCUT2D eigenvalue weighted by molar-refractivity contribution is 0.0465. The van der Waals surface area contributed by atoms with Crippen molar-refractivity contribution in [2.75, 3.05) is 39.4 Å². The zero-order valence-electron chi connectivity index (χ0n) is 19.7. The summed E-state index contributed by atoms with van der Waals surface area (Å²) < 4.78 is 17.3. The zero-order valence-corrected chi connectivity index (χ0v) is 21.7. The first kappa shape index (κ1) is 27.1. The molecule has 0 aromatic heterocycles. The molecule has 2 atom stereocenters. The molecule has 2 aromatic carbocycles. The minimum Gasteiger partial charge on any atom is -0.486 e. The van der Waals surface area contributed by atoms with Gasteiger partial charge in [0.15, 0.2) is 11.5 Å². The fraction of sp³-hybridized carbons (Fsp3) is 0.462. The average Bonchev–Trinajstić information content (AvgIpc) is 3.24. The average molecular weight is 516 g/mol. The maximum atomic E-state index is 12.3. The van der Waals surface area contributed by atoms with Gasteiger partial charge in [0.1, 0.15) is 19.3 Å². The number of piperidine rings is 1. The molecular formula is C26H33N3O4S2. The van der Waals surface area contributed by atoms with Crippen molar-refractivity contribution >= 4 is 33.1 Å². The summed E-state index contributed by atoms with van der Waals surface area (Å²) in [6, 6.07) is 17.6. The first-order chi connectivity index (χ1) is 16.2. The van der Waals surface area contributed by atoms with Crippen LogP contribution >= 0.6 is 27.0 Å². The van der Waals surface area contributed by atoms with Crippen molar-refractivity contribution in [1.82, 2.24) is 9.80 Å². The SMILES string of the molecule is N#Cc1ccc2c(c1)O[C@@H](CN1CCC(CCN3C(=O)OC[C@H]3c3ccccc3)CC1)CO2.S.S. The highest BCUT2D eigenvalue weighted by atomic mass is 32.1. The van der Waals surface area contributed by atoms with Gasteiger partial charge in [-0.05, 0) is 56.0 Å². The van der Waals surface area contributed by atoms with Crippen LogP contribution in [-0.4, -0.2) is 61.4 Å². The molecule has 2 saturated heterocycles. The van der Waals surface area contributed by atoms with Crippen molar-refractivity contribution in [3.63, 3.8) is 0 Å². The number of likely N-dealkylation sites (tertiary alicyclic amines) is 1. The van der Waals surface area contributed by atoms with Crippen LogP contribution in [0, 0.1) is 17.2 Å². The van der Waals surface area contributed by atoms with Gasteiger partial charge in [0.2, 0.25) is 0 Å². The van der Waals surface area contributed by atoms with Crippen molar-refractivity contribution in [3.05, 3.63) is 59.7 Å². The van der Waals surface area contributed by atoms with Crippen molar-refractivity contribution in [3.8, 4) is 17.6 Å². The Hall–Kier alpha value is -2.54. The molecule has 7 nitrogen and oxygen atoms in total. The molecule has 3 heterocycles. The van der Waals surface area contributed by atoms with Gasteiger partial charge in [0.25, 0.3) is 0 Å². The summed E-state index contributed by atoms with van der Waals surface area (Å²) in [5.74, 6) is 1.97. The lowest BCUT2D eigenvalue weighted by atomic mass is 9.93. The molecule has 0 bridgehead atoms. The van der Waals surface area contributed by atoms with E-state index >= 15 is 0 Å². The maximum absolute atomic E-state index is 12.3. The van der Waals surface area contributed by atoms with Gasteiger partial charge in [0.05, 0.1) is 17.7 Å². The number of benzene rings is 2. The van der Waals surface area contributed by atoms with E-state index in [9.17, 15) is 4.79 Å². The Balaban J connectivity index is 0.00000171. The minimum absolute atomic E-state index is 0. The van der Waals surface area contributed by atoms with Crippen LogP contribution in [0.5, 0.6) is 11.5 Å². The molecule has 9 heteroatoms. The van der Waals surface area contributed by atoms with E-state index in [0.29, 0.717) is 36.2 Å². The number of amides is 1. The first-order valence-electron chi connectivity index (χ1n) is 11.7. The second kappa shape index (κ2) is 12.4. The Labute approximate surface area is 220 Å². The lowest BCUT2D eigenvalue weighted by Gasteiger charge is -2.36. The summed E-state index contributed by atoms with van der Waals surface area (Å²) in [6.45, 7) is 4.54. The second-order valence-electron chi connectivity index (χ2n) is 9.05. The normalized spacial score (nSPS) is 21.9. The van der Waals surface area contributed by atoms with Crippen LogP contribution in [0.3, 0.4) is 0 Å². The van der Waals surface area contributed by atoms with Gasteiger partial charge in [-0.3, -0.25) is 9.80 Å². The van der Waals surface area contributed by atoms with Crippen LogP contribution in [0.25, 0.3) is 0 Å². The van der Waals surface area contributed by atoms with Gasteiger partial charge in [-0.2, -0.15) is 32.3 Å². The molecule has 0 spiro atoms. The molecule has 0 saturated carbocycles. The molecule has 0 aliphatic carbocycles. The summed E-state index contributed by atoms with van der Waals surface area (Å²) in [4.78, 5) is 16.6. The van der Waals surface area contributed by atoms with Crippen LogP contribution in [0.4, 0.5) is 4.79 Å². The Morgan fingerprint density at radius 3 is 2.49 bits per heavy atom. The number of fused-ring (bicyclic) bond motifs is 1. The Bertz CT molecular complexity index is 1030. The number of carbonyl (C=O) groups is 1. The highest BCUT2D eigenvalue weighted by molar-refractivity contribution is 7.59. The third-order valence-electron chi connectivity index (χ3n) is 6.90. The Morgan fingerprint density at radius 2 is 1.74 bits per heavy atom. The fourth-order valence-electron chi connectivity index (χ4n) is 4.99. The molecular weight excluding hydrogens is 482 g/mol. The number of ether oxygens (including phenoxy) is 3. The van der Waals surface area contributed by atoms with E-state index in [2.05, 4.69) is 23.1 Å². The van der Waals surface area contributed by atoms with E-state index in [1.807, 2.05) is 23.1 Å². The molecule has 2 fully saturated rings. The summed E-state index contributed by atoms with van der Waals surface area (Å²) in [7, 11) is 0. The van der Waals surface area contributed by atoms with Crippen molar-refractivity contribution in [2.45, 2.75) is 31.4 Å². The van der Waals surface area contributed by atoms with Crippen LogP contribution < -0.4 is 9.47 Å². The second-order valence-corrected chi connectivity index (χ2v) is 9.05. The smallest absolute Gasteiger partial charge is 0.410 e. The van der Waals surface area contributed by atoms with Crippen LogP contribution in [0.1, 0.15) is 36.4 Å². The van der Waals surface area contributed by atoms with Gasteiger partial charge in [0, 0.05) is 19.2 Å². The van der Waals surface area contributed by atoms with Gasteiger partial charge >= 0.3 is 6.09 Å². The number of cyclic esters (lactones) is 1. The number of hydrogen-bond acceptors (Lipinski definition) is 6. The fourth-order valence-corrected chi connectivity index (χ4v) is 4.99. The lowest BCUT2D eigenvalue weighted by Crippen LogP contribution is -2.44. The van der Waals surface area contributed by atoms with Crippen molar-refractivity contribution < 1.29 is 19.0 Å². The maximum Gasteiger partial charge on any atom is 0.410 e. The summed E-state index contributed by atoms with van der Waals surface area (Å²) in [6.07, 6.45) is 2.99. The summed E-state index contributed by atoms with van der Waals surface area (Å²) in [5.41, 5.74) is 1.71. The van der Waals surface area contributed by atoms with E-state index in [4.69, 9.17) is 19.5 Å². The third kappa shape index (κ3) is 6.37. The third-order valence-corrected chi connectivity index (χ3v) is 6.90. The van der Waals surface area contributed by atoms with Gasteiger partial charge < -0.3 is 14.2 Å². The number of carbonyl (C=O) groups excluding carboxylic acids is 1. The molecule has 0 unspecified atom stereocenters. The molecule has 5 rings (SSSR count). The van der Waals surface area contributed by atoms with Gasteiger partial charge in [-0.1, -0.05) is 30.3 Å². The number of nitriles is 1. The molecule has 2 aromatic rings. The molecule has 3 aliphatic rings. The minimum atomic E-state index is -0.199. The van der Waals surface area contributed by atoms with Crippen LogP contribution in [0.15, 0.2) is 48.5 Å². The van der Waals surface area contributed by atoms with Gasteiger partial charge in [-0.15, -0.1) is 0 Å². The summed E-state index contributed by atoms with van der Waals surface area (Å²) in [5, 5.41) is 9.11. The monoisotopic (exact) mass is 515 g/mol. The van der Waals surface area contributed by atoms with Crippen molar-refractivity contribution in [1.29, 1.82) is 5.26 Å². The van der Waals surface area contributed by atoms with E-state index in [0.717, 1.165) is 51.0 Å². The van der Waals surface area contributed by atoms with Gasteiger partial charge in [-0.25, -0.2) is 4.79 Å². The molecule has 0 N–H and O–H groups in total. The Kier molecular flexibility index (Phi) is 9.61. The molecule has 35 heavy (non-hydrogen) atoms. The number of hydrogen-bond donors (Lipinski definition) is 0. The van der Waals surface area contributed by atoms with E-state index in [1.165, 1.54) is 0 Å². The van der Waals surface area contributed by atoms with Crippen LogP contribution in [-0.2, 0) is 4.74 Å². The standard InChI is InChI=1S/C26H29N3O4.2H2S/c27-15-20-6-7-24-25(14-20)33-22(17-31-24)16-28-11-8-19(9-12-28)10-13-29-23(18-32-26(29)30)21-4-2-1-3-5-21;;/h1-7,14,19,22-23H,8-13,16-18H2;2*1H2/t22-,23-;;/m0../s1. The van der Waals surface area contributed by atoms with E-state index in [1.54, 1.807) is 18.2 Å². The highest BCUT2D eigenvalue weighted by Gasteiger charge is 2.34. The van der Waals surface area contributed by atoms with E-state index in [-0.39, 0.29) is 45.2 Å².